The number of hydrogen-bond acceptors (Lipinski definition) is 3. The molecule has 5 heteroatoms. The first-order chi connectivity index (χ1) is 5.77. The molecule has 12 heavy (non-hydrogen) atoms. The molecule has 1 amide bonds. The summed E-state index contributed by atoms with van der Waals surface area (Å²) in [6.07, 6.45) is 1.21. The predicted octanol–water partition coefficient (Wildman–Crippen LogP) is -1.01. The van der Waals surface area contributed by atoms with Crippen LogP contribution in [0.15, 0.2) is 17.1 Å². The van der Waals surface area contributed by atoms with Crippen LogP contribution in [0, 0.1) is 0 Å². The molecule has 1 aromatic rings. The minimum atomic E-state index is -0.238. The summed E-state index contributed by atoms with van der Waals surface area (Å²) in [6, 6.07) is 1.29. The molecular formula is C7H7N3O2. The Morgan fingerprint density at radius 2 is 2.33 bits per heavy atom. The van der Waals surface area contributed by atoms with E-state index in [0.717, 1.165) is 0 Å². The summed E-state index contributed by atoms with van der Waals surface area (Å²) in [5.74, 6) is -0.230. The van der Waals surface area contributed by atoms with E-state index in [1.165, 1.54) is 16.9 Å². The number of rotatable bonds is 0. The van der Waals surface area contributed by atoms with Gasteiger partial charge < -0.3 is 5.32 Å². The van der Waals surface area contributed by atoms with Gasteiger partial charge in [-0.3, -0.25) is 14.3 Å². The molecule has 0 atom stereocenters. The molecule has 1 aliphatic rings. The van der Waals surface area contributed by atoms with Crippen LogP contribution < -0.4 is 10.7 Å². The molecule has 62 valence electrons. The van der Waals surface area contributed by atoms with Gasteiger partial charge in [0.2, 0.25) is 5.43 Å². The van der Waals surface area contributed by atoms with E-state index >= 15 is 0 Å². The quantitative estimate of drug-likeness (QED) is 0.535. The lowest BCUT2D eigenvalue weighted by atomic mass is 10.3. The molecule has 1 aliphatic heterocycles. The molecule has 0 unspecified atom stereocenters. The largest absolute Gasteiger partial charge is 0.349 e. The van der Waals surface area contributed by atoms with Crippen LogP contribution in [0.4, 0.5) is 0 Å². The highest BCUT2D eigenvalue weighted by atomic mass is 16.2. The molecule has 0 fully saturated rings. The number of carbonyl (C=O) groups is 1. The van der Waals surface area contributed by atoms with Gasteiger partial charge in [-0.2, -0.15) is 5.10 Å². The van der Waals surface area contributed by atoms with Gasteiger partial charge in [-0.15, -0.1) is 0 Å². The molecule has 1 N–H and O–H groups in total. The molecule has 0 aliphatic carbocycles. The van der Waals surface area contributed by atoms with Gasteiger partial charge in [-0.25, -0.2) is 0 Å². The smallest absolute Gasteiger partial charge is 0.269 e. The number of amides is 1. The zero-order valence-electron chi connectivity index (χ0n) is 6.28. The molecule has 2 heterocycles. The number of hydrogen-bond donors (Lipinski definition) is 1. The van der Waals surface area contributed by atoms with Crippen molar-refractivity contribution in [1.29, 1.82) is 0 Å². The van der Waals surface area contributed by atoms with E-state index in [2.05, 4.69) is 10.4 Å². The second-order valence-corrected chi connectivity index (χ2v) is 2.56. The topological polar surface area (TPSA) is 64.0 Å². The van der Waals surface area contributed by atoms with Crippen molar-refractivity contribution in [2.75, 3.05) is 6.54 Å². The van der Waals surface area contributed by atoms with E-state index in [4.69, 9.17) is 0 Å². The van der Waals surface area contributed by atoms with E-state index in [1.807, 2.05) is 0 Å². The fourth-order valence-electron chi connectivity index (χ4n) is 1.16. The minimum absolute atomic E-state index is 0.230. The summed E-state index contributed by atoms with van der Waals surface area (Å²) in [5, 5.41) is 6.44. The van der Waals surface area contributed by atoms with Crippen molar-refractivity contribution < 1.29 is 4.79 Å². The zero-order valence-corrected chi connectivity index (χ0v) is 6.28. The molecule has 0 spiro atoms. The summed E-state index contributed by atoms with van der Waals surface area (Å²) in [7, 11) is 0. The van der Waals surface area contributed by atoms with Gasteiger partial charge >= 0.3 is 0 Å². The molecule has 0 bridgehead atoms. The molecule has 1 aromatic heterocycles. The zero-order chi connectivity index (χ0) is 8.55. The summed E-state index contributed by atoms with van der Waals surface area (Å²) >= 11 is 0. The Hall–Kier alpha value is -1.65. The van der Waals surface area contributed by atoms with Crippen LogP contribution in [0.2, 0.25) is 0 Å². The normalized spacial score (nSPS) is 15.2. The van der Waals surface area contributed by atoms with Crippen molar-refractivity contribution in [3.05, 3.63) is 28.2 Å². The monoisotopic (exact) mass is 165 g/mol. The van der Waals surface area contributed by atoms with Crippen LogP contribution in [0.3, 0.4) is 0 Å². The van der Waals surface area contributed by atoms with Crippen LogP contribution in [-0.2, 0) is 6.54 Å². The predicted molar refractivity (Wildman–Crippen MR) is 40.8 cm³/mol. The van der Waals surface area contributed by atoms with E-state index in [1.54, 1.807) is 0 Å². The first kappa shape index (κ1) is 7.02. The summed E-state index contributed by atoms with van der Waals surface area (Å²) in [5.41, 5.74) is 0.104. The van der Waals surface area contributed by atoms with Gasteiger partial charge in [0.05, 0.1) is 12.7 Å². The van der Waals surface area contributed by atoms with Crippen LogP contribution in [0.5, 0.6) is 0 Å². The molecular weight excluding hydrogens is 158 g/mol. The summed E-state index contributed by atoms with van der Waals surface area (Å²) in [4.78, 5) is 22.0. The minimum Gasteiger partial charge on any atom is -0.349 e. The molecule has 0 saturated carbocycles. The third-order valence-electron chi connectivity index (χ3n) is 1.72. The van der Waals surface area contributed by atoms with Gasteiger partial charge in [0.25, 0.3) is 5.91 Å². The second-order valence-electron chi connectivity index (χ2n) is 2.56. The maximum absolute atomic E-state index is 11.1. The molecule has 0 aromatic carbocycles. The summed E-state index contributed by atoms with van der Waals surface area (Å²) in [6.45, 7) is 1.20. The number of nitrogens with one attached hydrogen (secondary N) is 1. The fourth-order valence-corrected chi connectivity index (χ4v) is 1.16. The van der Waals surface area contributed by atoms with Gasteiger partial charge in [-0.1, -0.05) is 0 Å². The Morgan fingerprint density at radius 1 is 1.50 bits per heavy atom. The highest BCUT2D eigenvalue weighted by Crippen LogP contribution is 1.98. The Balaban J connectivity index is 2.61. The first-order valence-electron chi connectivity index (χ1n) is 3.63. The Bertz CT molecular complexity index is 382. The van der Waals surface area contributed by atoms with E-state index < -0.39 is 0 Å². The Morgan fingerprint density at radius 3 is 3.17 bits per heavy atom. The van der Waals surface area contributed by atoms with Crippen molar-refractivity contribution in [2.24, 2.45) is 0 Å². The first-order valence-corrected chi connectivity index (χ1v) is 3.63. The summed E-state index contributed by atoms with van der Waals surface area (Å²) < 4.78 is 1.53. The highest BCUT2D eigenvalue weighted by molar-refractivity contribution is 5.92. The lowest BCUT2D eigenvalue weighted by molar-refractivity contribution is 0.0921. The average molecular weight is 165 g/mol. The number of carbonyl (C=O) groups excluding carboxylic acids is 1. The molecule has 2 rings (SSSR count). The third-order valence-corrected chi connectivity index (χ3v) is 1.72. The van der Waals surface area contributed by atoms with Crippen LogP contribution >= 0.6 is 0 Å². The van der Waals surface area contributed by atoms with Crippen LogP contribution in [0.25, 0.3) is 0 Å². The SMILES string of the molecule is O=C1NCCn2ncc(=O)cc21. The van der Waals surface area contributed by atoms with Gasteiger partial charge in [0, 0.05) is 12.6 Å². The number of fused-ring (bicyclic) bond motifs is 1. The average Bonchev–Trinajstić information content (AvgIpc) is 2.07. The molecule has 5 nitrogen and oxygen atoms in total. The number of nitrogens with zero attached hydrogens (tertiary/aromatic N) is 2. The van der Waals surface area contributed by atoms with Crippen molar-refractivity contribution in [3.63, 3.8) is 0 Å². The van der Waals surface area contributed by atoms with Crippen LogP contribution in [-0.4, -0.2) is 22.2 Å². The van der Waals surface area contributed by atoms with Crippen molar-refractivity contribution >= 4 is 5.91 Å². The van der Waals surface area contributed by atoms with E-state index in [0.29, 0.717) is 18.8 Å². The maximum atomic E-state index is 11.1. The number of aromatic nitrogens is 2. The molecule has 0 saturated heterocycles. The Kier molecular flexibility index (Phi) is 1.43. The van der Waals surface area contributed by atoms with Gasteiger partial charge in [-0.05, 0) is 0 Å². The van der Waals surface area contributed by atoms with E-state index in [9.17, 15) is 9.59 Å². The second kappa shape index (κ2) is 2.44. The van der Waals surface area contributed by atoms with Crippen molar-refractivity contribution in [3.8, 4) is 0 Å². The standard InChI is InChI=1S/C7H7N3O2/c11-5-3-6-7(12)8-1-2-10(6)9-4-5/h3-4H,1-2H2,(H,8,12). The maximum Gasteiger partial charge on any atom is 0.269 e. The van der Waals surface area contributed by atoms with Crippen molar-refractivity contribution in [2.45, 2.75) is 6.54 Å². The molecule has 0 radical (unpaired) electrons. The lowest BCUT2D eigenvalue weighted by Crippen LogP contribution is -2.38. The van der Waals surface area contributed by atoms with Gasteiger partial charge in [0.15, 0.2) is 0 Å². The lowest BCUT2D eigenvalue weighted by Gasteiger charge is -2.16. The Labute approximate surface area is 68.0 Å². The van der Waals surface area contributed by atoms with Gasteiger partial charge in [0.1, 0.15) is 5.69 Å². The van der Waals surface area contributed by atoms with Crippen LogP contribution in [0.1, 0.15) is 10.5 Å². The van der Waals surface area contributed by atoms with E-state index in [-0.39, 0.29) is 11.3 Å². The fraction of sp³-hybridized carbons (Fsp3) is 0.286. The highest BCUT2D eigenvalue weighted by Gasteiger charge is 2.15. The van der Waals surface area contributed by atoms with Crippen molar-refractivity contribution in [1.82, 2.24) is 15.1 Å². The third kappa shape index (κ3) is 0.990.